The number of carbonyl (C=O) groups excluding carboxylic acids is 1. The van der Waals surface area contributed by atoms with E-state index in [1.165, 1.54) is 18.0 Å². The number of phenolic OH excluding ortho intramolecular Hbond substituents is 1. The van der Waals surface area contributed by atoms with E-state index in [2.05, 4.69) is 26.1 Å². The van der Waals surface area contributed by atoms with Crippen LogP contribution in [0.3, 0.4) is 0 Å². The van der Waals surface area contributed by atoms with Crippen LogP contribution >= 0.6 is 11.8 Å². The number of carbonyl (C=O) groups is 1. The number of nitrogens with one attached hydrogen (secondary N) is 1. The van der Waals surface area contributed by atoms with Crippen molar-refractivity contribution in [3.63, 3.8) is 0 Å². The zero-order valence-electron chi connectivity index (χ0n) is 13.0. The standard InChI is InChI=1S/C16H14N6O2S/c23-14-9-5-4-6-12(14)10-17-18-15(24)11-25-16-19-20-21-22(16)13-7-2-1-3-8-13/h1-10,23H,11H2,(H,18,24). The summed E-state index contributed by atoms with van der Waals surface area (Å²) in [6.07, 6.45) is 1.38. The molecule has 126 valence electrons. The third-order valence-electron chi connectivity index (χ3n) is 3.10. The maximum atomic E-state index is 11.9. The lowest BCUT2D eigenvalue weighted by atomic mass is 10.2. The molecule has 0 unspecified atom stereocenters. The van der Waals surface area contributed by atoms with Gasteiger partial charge >= 0.3 is 0 Å². The number of thioether (sulfide) groups is 1. The van der Waals surface area contributed by atoms with Crippen LogP contribution in [0.1, 0.15) is 5.56 Å². The Morgan fingerprint density at radius 2 is 1.96 bits per heavy atom. The van der Waals surface area contributed by atoms with Crippen LogP contribution in [0.4, 0.5) is 0 Å². The lowest BCUT2D eigenvalue weighted by molar-refractivity contribution is -0.118. The van der Waals surface area contributed by atoms with Gasteiger partial charge in [0.2, 0.25) is 5.16 Å². The number of hydrogen-bond acceptors (Lipinski definition) is 7. The molecule has 0 aliphatic carbocycles. The third kappa shape index (κ3) is 4.42. The van der Waals surface area contributed by atoms with Gasteiger partial charge in [0, 0.05) is 5.56 Å². The molecule has 2 aromatic carbocycles. The smallest absolute Gasteiger partial charge is 0.250 e. The molecular weight excluding hydrogens is 340 g/mol. The van der Waals surface area contributed by atoms with Crippen molar-refractivity contribution in [2.24, 2.45) is 5.10 Å². The van der Waals surface area contributed by atoms with E-state index in [1.807, 2.05) is 30.3 Å². The summed E-state index contributed by atoms with van der Waals surface area (Å²) in [6, 6.07) is 16.1. The highest BCUT2D eigenvalue weighted by atomic mass is 32.2. The molecule has 0 bridgehead atoms. The summed E-state index contributed by atoms with van der Waals surface area (Å²) in [5.74, 6) is -0.109. The Kier molecular flexibility index (Phi) is 5.37. The summed E-state index contributed by atoms with van der Waals surface area (Å²) in [5.41, 5.74) is 3.73. The first kappa shape index (κ1) is 16.7. The summed E-state index contributed by atoms with van der Waals surface area (Å²) in [5, 5.41) is 25.4. The van der Waals surface area contributed by atoms with Crippen molar-refractivity contribution >= 4 is 23.9 Å². The van der Waals surface area contributed by atoms with Gasteiger partial charge in [-0.15, -0.1) is 5.10 Å². The normalized spacial score (nSPS) is 10.9. The van der Waals surface area contributed by atoms with Crippen molar-refractivity contribution < 1.29 is 9.90 Å². The van der Waals surface area contributed by atoms with Crippen molar-refractivity contribution in [3.8, 4) is 11.4 Å². The van der Waals surface area contributed by atoms with Gasteiger partial charge in [-0.1, -0.05) is 42.1 Å². The molecule has 25 heavy (non-hydrogen) atoms. The van der Waals surface area contributed by atoms with E-state index in [4.69, 9.17) is 0 Å². The first-order valence-electron chi connectivity index (χ1n) is 7.30. The number of hydrazone groups is 1. The topological polar surface area (TPSA) is 105 Å². The molecule has 0 saturated heterocycles. The van der Waals surface area contributed by atoms with Gasteiger partial charge in [-0.2, -0.15) is 9.78 Å². The molecule has 0 fully saturated rings. The molecule has 0 spiro atoms. The first-order valence-corrected chi connectivity index (χ1v) is 8.29. The van der Waals surface area contributed by atoms with E-state index >= 15 is 0 Å². The SMILES string of the molecule is O=C(CSc1nnnn1-c1ccccc1)NN=Cc1ccccc1O. The monoisotopic (exact) mass is 354 g/mol. The van der Waals surface area contributed by atoms with Gasteiger partial charge in [0.1, 0.15) is 5.75 Å². The van der Waals surface area contributed by atoms with Crippen molar-refractivity contribution in [2.45, 2.75) is 5.16 Å². The summed E-state index contributed by atoms with van der Waals surface area (Å²) in [6.45, 7) is 0. The Bertz CT molecular complexity index is 881. The second-order valence-electron chi connectivity index (χ2n) is 4.85. The number of benzene rings is 2. The van der Waals surface area contributed by atoms with Crippen LogP contribution in [-0.4, -0.2) is 43.2 Å². The van der Waals surface area contributed by atoms with Gasteiger partial charge in [0.15, 0.2) is 0 Å². The Hall–Kier alpha value is -3.20. The van der Waals surface area contributed by atoms with Crippen molar-refractivity contribution in [1.29, 1.82) is 0 Å². The molecule has 0 aliphatic heterocycles. The predicted octanol–water partition coefficient (Wildman–Crippen LogP) is 1.61. The summed E-state index contributed by atoms with van der Waals surface area (Å²) in [7, 11) is 0. The third-order valence-corrected chi connectivity index (χ3v) is 4.02. The molecule has 8 nitrogen and oxygen atoms in total. The minimum Gasteiger partial charge on any atom is -0.507 e. The molecule has 1 aromatic heterocycles. The summed E-state index contributed by atoms with van der Waals surface area (Å²) >= 11 is 1.20. The number of para-hydroxylation sites is 2. The van der Waals surface area contributed by atoms with Crippen LogP contribution < -0.4 is 5.43 Å². The van der Waals surface area contributed by atoms with E-state index in [1.54, 1.807) is 28.9 Å². The number of aromatic hydroxyl groups is 1. The number of aromatic nitrogens is 4. The van der Waals surface area contributed by atoms with Crippen molar-refractivity contribution in [1.82, 2.24) is 25.6 Å². The molecule has 0 atom stereocenters. The average Bonchev–Trinajstić information content (AvgIpc) is 3.11. The van der Waals surface area contributed by atoms with Crippen LogP contribution in [0.5, 0.6) is 5.75 Å². The fourth-order valence-corrected chi connectivity index (χ4v) is 2.62. The van der Waals surface area contributed by atoms with E-state index < -0.39 is 0 Å². The Labute approximate surface area is 147 Å². The van der Waals surface area contributed by atoms with Crippen molar-refractivity contribution in [2.75, 3.05) is 5.75 Å². The lowest BCUT2D eigenvalue weighted by Gasteiger charge is -2.03. The largest absolute Gasteiger partial charge is 0.507 e. The van der Waals surface area contributed by atoms with Gasteiger partial charge in [0.25, 0.3) is 5.91 Å². The number of phenols is 1. The Morgan fingerprint density at radius 3 is 2.76 bits per heavy atom. The zero-order valence-corrected chi connectivity index (χ0v) is 13.8. The van der Waals surface area contributed by atoms with Gasteiger partial charge < -0.3 is 5.11 Å². The molecular formula is C16H14N6O2S. The van der Waals surface area contributed by atoms with Crippen LogP contribution in [0.2, 0.25) is 0 Å². The highest BCUT2D eigenvalue weighted by Gasteiger charge is 2.10. The average molecular weight is 354 g/mol. The minimum absolute atomic E-state index is 0.0944. The summed E-state index contributed by atoms with van der Waals surface area (Å²) < 4.78 is 1.56. The van der Waals surface area contributed by atoms with Gasteiger partial charge in [-0.05, 0) is 34.7 Å². The summed E-state index contributed by atoms with van der Waals surface area (Å²) in [4.78, 5) is 11.9. The maximum absolute atomic E-state index is 11.9. The lowest BCUT2D eigenvalue weighted by Crippen LogP contribution is -2.20. The molecule has 0 radical (unpaired) electrons. The number of tetrazole rings is 1. The number of nitrogens with zero attached hydrogens (tertiary/aromatic N) is 5. The second kappa shape index (κ2) is 8.06. The predicted molar refractivity (Wildman–Crippen MR) is 93.7 cm³/mol. The molecule has 1 heterocycles. The second-order valence-corrected chi connectivity index (χ2v) is 5.79. The molecule has 0 aliphatic rings. The van der Waals surface area contributed by atoms with Gasteiger partial charge in [-0.3, -0.25) is 4.79 Å². The fraction of sp³-hybridized carbons (Fsp3) is 0.0625. The van der Waals surface area contributed by atoms with E-state index in [0.29, 0.717) is 10.7 Å². The Morgan fingerprint density at radius 1 is 1.20 bits per heavy atom. The minimum atomic E-state index is -0.306. The van der Waals surface area contributed by atoms with E-state index in [0.717, 1.165) is 5.69 Å². The number of hydrogen-bond donors (Lipinski definition) is 2. The van der Waals surface area contributed by atoms with Crippen LogP contribution in [0, 0.1) is 0 Å². The fourth-order valence-electron chi connectivity index (χ4n) is 1.93. The van der Waals surface area contributed by atoms with Gasteiger partial charge in [0.05, 0.1) is 17.7 Å². The molecule has 3 rings (SSSR count). The Balaban J connectivity index is 1.55. The highest BCUT2D eigenvalue weighted by Crippen LogP contribution is 2.17. The first-order chi connectivity index (χ1) is 12.2. The molecule has 1 amide bonds. The van der Waals surface area contributed by atoms with Crippen LogP contribution in [0.25, 0.3) is 5.69 Å². The van der Waals surface area contributed by atoms with E-state index in [9.17, 15) is 9.90 Å². The highest BCUT2D eigenvalue weighted by molar-refractivity contribution is 7.99. The van der Waals surface area contributed by atoms with Crippen molar-refractivity contribution in [3.05, 3.63) is 60.2 Å². The molecule has 3 aromatic rings. The maximum Gasteiger partial charge on any atom is 0.250 e. The number of amides is 1. The van der Waals surface area contributed by atoms with Crippen LogP contribution in [0.15, 0.2) is 64.9 Å². The molecule has 0 saturated carbocycles. The zero-order chi connectivity index (χ0) is 17.5. The van der Waals surface area contributed by atoms with Gasteiger partial charge in [-0.25, -0.2) is 5.43 Å². The number of rotatable bonds is 6. The molecule has 9 heteroatoms. The van der Waals surface area contributed by atoms with E-state index in [-0.39, 0.29) is 17.4 Å². The molecule has 2 N–H and O–H groups in total. The quantitative estimate of drug-likeness (QED) is 0.396. The van der Waals surface area contributed by atoms with Crippen LogP contribution in [-0.2, 0) is 4.79 Å².